The number of fused-ring (bicyclic) bond motifs is 1. The smallest absolute Gasteiger partial charge is 0.269 e. The van der Waals surface area contributed by atoms with Crippen LogP contribution in [0.15, 0.2) is 36.4 Å². The molecule has 1 amide bonds. The first-order valence-electron chi connectivity index (χ1n) is 8.89. The molecule has 10 heteroatoms. The fourth-order valence-electron chi connectivity index (χ4n) is 3.27. The number of halogens is 1. The number of nitro benzene ring substituents is 1. The lowest BCUT2D eigenvalue weighted by molar-refractivity contribution is -0.384. The number of carbonyl (C=O) groups is 1. The third-order valence-corrected chi connectivity index (χ3v) is 6.20. The van der Waals surface area contributed by atoms with Crippen LogP contribution in [0.2, 0.25) is 5.02 Å². The number of nitrogens with zero attached hydrogens (tertiary/aromatic N) is 4. The van der Waals surface area contributed by atoms with Gasteiger partial charge in [0.25, 0.3) is 11.6 Å². The van der Waals surface area contributed by atoms with Crippen molar-refractivity contribution in [3.05, 3.63) is 57.1 Å². The number of non-ortho nitro benzene ring substituents is 1. The maximum atomic E-state index is 12.7. The van der Waals surface area contributed by atoms with Crippen LogP contribution in [-0.2, 0) is 0 Å². The Hall–Kier alpha value is -2.91. The van der Waals surface area contributed by atoms with E-state index >= 15 is 0 Å². The van der Waals surface area contributed by atoms with Crippen LogP contribution < -0.4 is 9.64 Å². The fraction of sp³-hybridized carbons (Fsp3) is 0.263. The standard InChI is InChI=1S/C19H17ClN4O4S/c1-28-17-14(20)6-7-15-16(17)21-19(29-15)23-10-8-22(9-11-23)18(25)12-2-4-13(5-3-12)24(26)27/h2-7H,8-11H2,1H3. The summed E-state index contributed by atoms with van der Waals surface area (Å²) < 4.78 is 6.37. The van der Waals surface area contributed by atoms with E-state index in [0.29, 0.717) is 42.5 Å². The molecule has 1 fully saturated rings. The zero-order valence-corrected chi connectivity index (χ0v) is 17.1. The molecule has 29 heavy (non-hydrogen) atoms. The van der Waals surface area contributed by atoms with Crippen LogP contribution in [0.5, 0.6) is 5.75 Å². The quantitative estimate of drug-likeness (QED) is 0.460. The monoisotopic (exact) mass is 432 g/mol. The number of hydrogen-bond donors (Lipinski definition) is 0. The molecule has 150 valence electrons. The first-order chi connectivity index (χ1) is 14.0. The summed E-state index contributed by atoms with van der Waals surface area (Å²) in [6, 6.07) is 9.42. The number of thiazole rings is 1. The predicted molar refractivity (Wildman–Crippen MR) is 112 cm³/mol. The molecule has 0 unspecified atom stereocenters. The van der Waals surface area contributed by atoms with Crippen molar-refractivity contribution in [3.63, 3.8) is 0 Å². The van der Waals surface area contributed by atoms with Crippen LogP contribution in [0.1, 0.15) is 10.4 Å². The lowest BCUT2D eigenvalue weighted by Crippen LogP contribution is -2.48. The minimum atomic E-state index is -0.479. The molecule has 0 aliphatic carbocycles. The highest BCUT2D eigenvalue weighted by Gasteiger charge is 2.25. The van der Waals surface area contributed by atoms with Crippen molar-refractivity contribution < 1.29 is 14.5 Å². The fourth-order valence-corrected chi connectivity index (χ4v) is 4.52. The number of benzene rings is 2. The van der Waals surface area contributed by atoms with Gasteiger partial charge in [-0.2, -0.15) is 0 Å². The molecule has 2 heterocycles. The normalized spacial score (nSPS) is 14.3. The number of hydrogen-bond acceptors (Lipinski definition) is 7. The Bertz CT molecular complexity index is 1080. The second kappa shape index (κ2) is 7.84. The van der Waals surface area contributed by atoms with Crippen molar-refractivity contribution in [3.8, 4) is 5.75 Å². The van der Waals surface area contributed by atoms with Gasteiger partial charge in [0.15, 0.2) is 10.9 Å². The van der Waals surface area contributed by atoms with Crippen molar-refractivity contribution in [2.45, 2.75) is 0 Å². The number of amides is 1. The topological polar surface area (TPSA) is 88.8 Å². The van der Waals surface area contributed by atoms with E-state index in [-0.39, 0.29) is 11.6 Å². The third kappa shape index (κ3) is 3.70. The van der Waals surface area contributed by atoms with Crippen LogP contribution in [-0.4, -0.2) is 54.0 Å². The predicted octanol–water partition coefficient (Wildman–Crippen LogP) is 3.83. The Morgan fingerprint density at radius 3 is 2.48 bits per heavy atom. The highest BCUT2D eigenvalue weighted by molar-refractivity contribution is 7.22. The molecular weight excluding hydrogens is 416 g/mol. The SMILES string of the molecule is COc1c(Cl)ccc2sc(N3CCN(C(=O)c4ccc([N+](=O)[O-])cc4)CC3)nc12. The number of anilines is 1. The van der Waals surface area contributed by atoms with E-state index in [1.807, 2.05) is 6.07 Å². The Balaban J connectivity index is 1.46. The molecule has 1 aromatic heterocycles. The number of piperazine rings is 1. The maximum Gasteiger partial charge on any atom is 0.269 e. The summed E-state index contributed by atoms with van der Waals surface area (Å²) in [4.78, 5) is 31.5. The van der Waals surface area contributed by atoms with E-state index in [4.69, 9.17) is 16.3 Å². The number of methoxy groups -OCH3 is 1. The molecule has 8 nitrogen and oxygen atoms in total. The summed E-state index contributed by atoms with van der Waals surface area (Å²) in [5.41, 5.74) is 1.16. The molecule has 1 aliphatic rings. The summed E-state index contributed by atoms with van der Waals surface area (Å²) in [5.74, 6) is 0.441. The van der Waals surface area contributed by atoms with Gasteiger partial charge in [-0.25, -0.2) is 4.98 Å². The van der Waals surface area contributed by atoms with E-state index in [1.54, 1.807) is 29.4 Å². The molecule has 3 aromatic rings. The average Bonchev–Trinajstić information content (AvgIpc) is 3.17. The summed E-state index contributed by atoms with van der Waals surface area (Å²) in [6.45, 7) is 2.39. The van der Waals surface area contributed by atoms with Crippen molar-refractivity contribution in [2.75, 3.05) is 38.2 Å². The number of rotatable bonds is 4. The number of ether oxygens (including phenoxy) is 1. The Labute approximate surface area is 175 Å². The molecule has 0 bridgehead atoms. The van der Waals surface area contributed by atoms with Gasteiger partial charge >= 0.3 is 0 Å². The first-order valence-corrected chi connectivity index (χ1v) is 10.1. The summed E-state index contributed by atoms with van der Waals surface area (Å²) in [6.07, 6.45) is 0. The highest BCUT2D eigenvalue weighted by atomic mass is 35.5. The zero-order chi connectivity index (χ0) is 20.5. The van der Waals surface area contributed by atoms with E-state index in [1.165, 1.54) is 24.3 Å². The Kier molecular flexibility index (Phi) is 5.25. The number of aromatic nitrogens is 1. The first kappa shape index (κ1) is 19.4. The van der Waals surface area contributed by atoms with Crippen LogP contribution in [0.3, 0.4) is 0 Å². The van der Waals surface area contributed by atoms with Gasteiger partial charge in [0, 0.05) is 43.9 Å². The van der Waals surface area contributed by atoms with Gasteiger partial charge in [0.2, 0.25) is 0 Å². The second-order valence-corrected chi connectivity index (χ2v) is 7.92. The van der Waals surface area contributed by atoms with Gasteiger partial charge in [-0.3, -0.25) is 14.9 Å². The minimum absolute atomic E-state index is 0.0299. The summed E-state index contributed by atoms with van der Waals surface area (Å²) in [7, 11) is 1.57. The molecule has 1 saturated heterocycles. The van der Waals surface area contributed by atoms with Crippen LogP contribution in [0, 0.1) is 10.1 Å². The second-order valence-electron chi connectivity index (χ2n) is 6.51. The van der Waals surface area contributed by atoms with Crippen LogP contribution in [0.25, 0.3) is 10.2 Å². The lowest BCUT2D eigenvalue weighted by Gasteiger charge is -2.34. The van der Waals surface area contributed by atoms with Gasteiger partial charge in [-0.05, 0) is 24.3 Å². The molecule has 0 saturated carbocycles. The molecular formula is C19H17ClN4O4S. The van der Waals surface area contributed by atoms with E-state index in [2.05, 4.69) is 9.88 Å². The van der Waals surface area contributed by atoms with Crippen molar-refractivity contribution >= 4 is 49.9 Å². The number of nitro groups is 1. The van der Waals surface area contributed by atoms with Crippen molar-refractivity contribution in [1.29, 1.82) is 0 Å². The van der Waals surface area contributed by atoms with Gasteiger partial charge < -0.3 is 14.5 Å². The molecule has 2 aromatic carbocycles. The molecule has 0 spiro atoms. The van der Waals surface area contributed by atoms with E-state index in [9.17, 15) is 14.9 Å². The van der Waals surface area contributed by atoms with Gasteiger partial charge in [0.05, 0.1) is 21.8 Å². The molecule has 0 atom stereocenters. The van der Waals surface area contributed by atoms with Crippen molar-refractivity contribution in [1.82, 2.24) is 9.88 Å². The molecule has 1 aliphatic heterocycles. The van der Waals surface area contributed by atoms with Gasteiger partial charge in [0.1, 0.15) is 5.52 Å². The summed E-state index contributed by atoms with van der Waals surface area (Å²) in [5, 5.41) is 12.2. The largest absolute Gasteiger partial charge is 0.493 e. The molecule has 0 radical (unpaired) electrons. The molecule has 0 N–H and O–H groups in total. The van der Waals surface area contributed by atoms with E-state index in [0.717, 1.165) is 15.3 Å². The van der Waals surface area contributed by atoms with Crippen molar-refractivity contribution in [2.24, 2.45) is 0 Å². The minimum Gasteiger partial charge on any atom is -0.493 e. The highest BCUT2D eigenvalue weighted by Crippen LogP contribution is 2.38. The van der Waals surface area contributed by atoms with E-state index < -0.39 is 4.92 Å². The third-order valence-electron chi connectivity index (χ3n) is 4.82. The van der Waals surface area contributed by atoms with Gasteiger partial charge in [-0.15, -0.1) is 0 Å². The summed E-state index contributed by atoms with van der Waals surface area (Å²) >= 11 is 7.74. The van der Waals surface area contributed by atoms with Crippen LogP contribution in [0.4, 0.5) is 10.8 Å². The average molecular weight is 433 g/mol. The maximum absolute atomic E-state index is 12.7. The Morgan fingerprint density at radius 1 is 1.17 bits per heavy atom. The van der Waals surface area contributed by atoms with Crippen LogP contribution >= 0.6 is 22.9 Å². The Morgan fingerprint density at radius 2 is 1.86 bits per heavy atom. The zero-order valence-electron chi connectivity index (χ0n) is 15.5. The number of carbonyl (C=O) groups excluding carboxylic acids is 1. The molecule has 4 rings (SSSR count). The van der Waals surface area contributed by atoms with Gasteiger partial charge in [-0.1, -0.05) is 22.9 Å². The lowest BCUT2D eigenvalue weighted by atomic mass is 10.1.